The van der Waals surface area contributed by atoms with Crippen LogP contribution in [0.3, 0.4) is 0 Å². The van der Waals surface area contributed by atoms with Gasteiger partial charge in [-0.05, 0) is 12.8 Å². The summed E-state index contributed by atoms with van der Waals surface area (Å²) in [6, 6.07) is -0.150. The van der Waals surface area contributed by atoms with Gasteiger partial charge < -0.3 is 20.0 Å². The van der Waals surface area contributed by atoms with Gasteiger partial charge in [-0.1, -0.05) is 13.3 Å². The Balaban J connectivity index is 4.14. The Labute approximate surface area is 108 Å². The van der Waals surface area contributed by atoms with E-state index >= 15 is 0 Å². The van der Waals surface area contributed by atoms with E-state index in [0.29, 0.717) is 26.1 Å². The first-order valence-electron chi connectivity index (χ1n) is 6.35. The second kappa shape index (κ2) is 9.70. The lowest BCUT2D eigenvalue weighted by Crippen LogP contribution is -2.43. The maximum Gasteiger partial charge on any atom is 0.319 e. The second-order valence-electron chi connectivity index (χ2n) is 4.27. The van der Waals surface area contributed by atoms with Gasteiger partial charge >= 0.3 is 12.0 Å². The summed E-state index contributed by atoms with van der Waals surface area (Å²) in [6.45, 7) is 3.34. The fourth-order valence-corrected chi connectivity index (χ4v) is 1.58. The lowest BCUT2D eigenvalue weighted by Gasteiger charge is -2.27. The van der Waals surface area contributed by atoms with Gasteiger partial charge in [0, 0.05) is 33.1 Å². The molecule has 0 saturated heterocycles. The number of urea groups is 1. The monoisotopic (exact) mass is 260 g/mol. The Morgan fingerprint density at radius 2 is 1.78 bits per heavy atom. The third-order valence-electron chi connectivity index (χ3n) is 2.63. The van der Waals surface area contributed by atoms with Gasteiger partial charge in [0.25, 0.3) is 0 Å². The molecule has 0 aliphatic rings. The largest absolute Gasteiger partial charge is 0.481 e. The molecule has 0 bridgehead atoms. The average molecular weight is 260 g/mol. The molecule has 0 aliphatic heterocycles. The van der Waals surface area contributed by atoms with Gasteiger partial charge in [-0.3, -0.25) is 4.79 Å². The molecule has 0 aromatic carbocycles. The van der Waals surface area contributed by atoms with Crippen molar-refractivity contribution in [3.63, 3.8) is 0 Å². The van der Waals surface area contributed by atoms with Crippen molar-refractivity contribution in [1.29, 1.82) is 0 Å². The van der Waals surface area contributed by atoms with Gasteiger partial charge in [-0.15, -0.1) is 0 Å². The van der Waals surface area contributed by atoms with Crippen LogP contribution in [0.4, 0.5) is 4.79 Å². The highest BCUT2D eigenvalue weighted by Gasteiger charge is 2.16. The molecular formula is C12H24N2O4. The molecule has 2 amide bonds. The number of rotatable bonds is 9. The molecule has 2 N–H and O–H groups in total. The van der Waals surface area contributed by atoms with Crippen molar-refractivity contribution >= 4 is 12.0 Å². The van der Waals surface area contributed by atoms with Crippen molar-refractivity contribution in [2.24, 2.45) is 0 Å². The van der Waals surface area contributed by atoms with Gasteiger partial charge in [0.1, 0.15) is 0 Å². The Morgan fingerprint density at radius 3 is 2.28 bits per heavy atom. The summed E-state index contributed by atoms with van der Waals surface area (Å²) in [6.07, 6.45) is 2.39. The summed E-state index contributed by atoms with van der Waals surface area (Å²) in [7, 11) is 1.65. The van der Waals surface area contributed by atoms with Crippen LogP contribution in [-0.4, -0.2) is 65.3 Å². The van der Waals surface area contributed by atoms with Crippen LogP contribution in [0.2, 0.25) is 0 Å². The highest BCUT2D eigenvalue weighted by atomic mass is 16.4. The van der Waals surface area contributed by atoms with Crippen molar-refractivity contribution in [3.8, 4) is 0 Å². The standard InChI is InChI=1S/C12H24N2O4/c1-3-4-8-14(9-10-15)12(18)13(2)7-5-6-11(16)17/h15H,3-10H2,1-2H3,(H,16,17). The number of nitrogens with zero attached hydrogens (tertiary/aromatic N) is 2. The van der Waals surface area contributed by atoms with Crippen LogP contribution in [0.1, 0.15) is 32.6 Å². The van der Waals surface area contributed by atoms with Crippen molar-refractivity contribution in [2.75, 3.05) is 33.3 Å². The zero-order valence-corrected chi connectivity index (χ0v) is 11.3. The Kier molecular flexibility index (Phi) is 9.00. The Morgan fingerprint density at radius 1 is 1.11 bits per heavy atom. The molecule has 0 aliphatic carbocycles. The van der Waals surface area contributed by atoms with Crippen LogP contribution in [0, 0.1) is 0 Å². The van der Waals surface area contributed by atoms with Crippen LogP contribution in [-0.2, 0) is 4.79 Å². The molecule has 6 heteroatoms. The predicted octanol–water partition coefficient (Wildman–Crippen LogP) is 0.997. The quantitative estimate of drug-likeness (QED) is 0.648. The Bertz CT molecular complexity index is 258. The average Bonchev–Trinajstić information content (AvgIpc) is 2.33. The molecule has 18 heavy (non-hydrogen) atoms. The SMILES string of the molecule is CCCCN(CCO)C(=O)N(C)CCCC(=O)O. The highest BCUT2D eigenvalue weighted by molar-refractivity contribution is 5.74. The van der Waals surface area contributed by atoms with E-state index in [1.807, 2.05) is 6.92 Å². The fourth-order valence-electron chi connectivity index (χ4n) is 1.58. The minimum atomic E-state index is -0.853. The summed E-state index contributed by atoms with van der Waals surface area (Å²) in [5.41, 5.74) is 0. The van der Waals surface area contributed by atoms with Gasteiger partial charge in [0.2, 0.25) is 0 Å². The minimum Gasteiger partial charge on any atom is -0.481 e. The normalized spacial score (nSPS) is 10.2. The van der Waals surface area contributed by atoms with E-state index in [2.05, 4.69) is 0 Å². The molecule has 0 radical (unpaired) electrons. The predicted molar refractivity (Wildman–Crippen MR) is 68.5 cm³/mol. The highest BCUT2D eigenvalue weighted by Crippen LogP contribution is 2.02. The fraction of sp³-hybridized carbons (Fsp3) is 0.833. The van der Waals surface area contributed by atoms with Crippen LogP contribution < -0.4 is 0 Å². The number of amides is 2. The number of aliphatic carboxylic acids is 1. The van der Waals surface area contributed by atoms with E-state index in [-0.39, 0.29) is 19.1 Å². The molecule has 0 heterocycles. The summed E-state index contributed by atoms with van der Waals surface area (Å²) in [4.78, 5) is 25.5. The maximum atomic E-state index is 12.0. The van der Waals surface area contributed by atoms with Crippen LogP contribution in [0.5, 0.6) is 0 Å². The zero-order valence-electron chi connectivity index (χ0n) is 11.3. The molecular weight excluding hydrogens is 236 g/mol. The van der Waals surface area contributed by atoms with E-state index in [1.54, 1.807) is 11.9 Å². The first-order chi connectivity index (χ1) is 8.52. The number of carbonyl (C=O) groups is 2. The first-order valence-corrected chi connectivity index (χ1v) is 6.35. The Hall–Kier alpha value is -1.30. The summed E-state index contributed by atoms with van der Waals surface area (Å²) >= 11 is 0. The van der Waals surface area contributed by atoms with Gasteiger partial charge in [0.15, 0.2) is 0 Å². The third kappa shape index (κ3) is 7.11. The second-order valence-corrected chi connectivity index (χ2v) is 4.27. The molecule has 0 aromatic heterocycles. The van der Waals surface area contributed by atoms with Gasteiger partial charge in [-0.2, -0.15) is 0 Å². The third-order valence-corrected chi connectivity index (χ3v) is 2.63. The van der Waals surface area contributed by atoms with Gasteiger partial charge in [-0.25, -0.2) is 4.79 Å². The maximum absolute atomic E-state index is 12.0. The van der Waals surface area contributed by atoms with Crippen LogP contribution in [0.15, 0.2) is 0 Å². The summed E-state index contributed by atoms with van der Waals surface area (Å²) in [5, 5.41) is 17.5. The number of unbranched alkanes of at least 4 members (excludes halogenated alkanes) is 1. The molecule has 0 spiro atoms. The molecule has 0 aromatic rings. The summed E-state index contributed by atoms with van der Waals surface area (Å²) < 4.78 is 0. The number of aliphatic hydroxyl groups excluding tert-OH is 1. The number of hydrogen-bond acceptors (Lipinski definition) is 3. The van der Waals surface area contributed by atoms with E-state index in [1.165, 1.54) is 4.90 Å². The molecule has 0 saturated carbocycles. The topological polar surface area (TPSA) is 81.1 Å². The van der Waals surface area contributed by atoms with E-state index < -0.39 is 5.97 Å². The number of carboxylic acid groups (broad SMARTS) is 1. The number of carboxylic acids is 1. The van der Waals surface area contributed by atoms with Crippen molar-refractivity contribution < 1.29 is 19.8 Å². The van der Waals surface area contributed by atoms with Crippen molar-refractivity contribution in [3.05, 3.63) is 0 Å². The van der Waals surface area contributed by atoms with E-state index in [9.17, 15) is 9.59 Å². The van der Waals surface area contributed by atoms with Gasteiger partial charge in [0.05, 0.1) is 6.61 Å². The lowest BCUT2D eigenvalue weighted by atomic mass is 10.3. The van der Waals surface area contributed by atoms with E-state index in [0.717, 1.165) is 12.8 Å². The smallest absolute Gasteiger partial charge is 0.319 e. The molecule has 6 nitrogen and oxygen atoms in total. The minimum absolute atomic E-state index is 0.0571. The van der Waals surface area contributed by atoms with Crippen LogP contribution >= 0.6 is 0 Å². The van der Waals surface area contributed by atoms with Crippen molar-refractivity contribution in [2.45, 2.75) is 32.6 Å². The first kappa shape index (κ1) is 16.7. The lowest BCUT2D eigenvalue weighted by molar-refractivity contribution is -0.137. The van der Waals surface area contributed by atoms with Crippen molar-refractivity contribution in [1.82, 2.24) is 9.80 Å². The summed E-state index contributed by atoms with van der Waals surface area (Å²) in [5.74, 6) is -0.853. The van der Waals surface area contributed by atoms with Crippen LogP contribution in [0.25, 0.3) is 0 Å². The molecule has 0 atom stereocenters. The number of carbonyl (C=O) groups excluding carboxylic acids is 1. The molecule has 0 unspecified atom stereocenters. The molecule has 0 fully saturated rings. The van der Waals surface area contributed by atoms with E-state index in [4.69, 9.17) is 10.2 Å². The molecule has 106 valence electrons. The molecule has 0 rings (SSSR count). The number of hydrogen-bond donors (Lipinski definition) is 2. The zero-order chi connectivity index (χ0) is 14.0. The number of aliphatic hydroxyl groups is 1.